The van der Waals surface area contributed by atoms with E-state index in [-0.39, 0.29) is 17.2 Å². The number of methoxy groups -OCH3 is 3. The zero-order valence-electron chi connectivity index (χ0n) is 22.5. The van der Waals surface area contributed by atoms with Crippen molar-refractivity contribution in [2.75, 3.05) is 51.2 Å². The molecule has 1 fully saturated rings. The molecule has 1 saturated heterocycles. The van der Waals surface area contributed by atoms with Gasteiger partial charge < -0.3 is 29.7 Å². The highest BCUT2D eigenvalue weighted by Crippen LogP contribution is 2.50. The van der Waals surface area contributed by atoms with Crippen molar-refractivity contribution < 1.29 is 23.8 Å². The Morgan fingerprint density at radius 3 is 2.39 bits per heavy atom. The van der Waals surface area contributed by atoms with Crippen LogP contribution in [0.3, 0.4) is 0 Å². The molecule has 1 aliphatic carbocycles. The number of carbonyl (C=O) groups excluding carboxylic acids is 2. The lowest BCUT2D eigenvalue weighted by molar-refractivity contribution is -0.131. The lowest BCUT2D eigenvalue weighted by Gasteiger charge is -2.29. The maximum Gasteiger partial charge on any atom is 0.244 e. The fourth-order valence-corrected chi connectivity index (χ4v) is 6.08. The second-order valence-corrected chi connectivity index (χ2v) is 10.6. The molecule has 0 bridgehead atoms. The predicted molar refractivity (Wildman–Crippen MR) is 150 cm³/mol. The smallest absolute Gasteiger partial charge is 0.244 e. The van der Waals surface area contributed by atoms with E-state index in [0.717, 1.165) is 28.2 Å². The minimum atomic E-state index is -0.565. The summed E-state index contributed by atoms with van der Waals surface area (Å²) in [4.78, 5) is 40.4. The first kappa shape index (κ1) is 27.6. The number of nitrogens with zero attached hydrogens (tertiary/aromatic N) is 1. The van der Waals surface area contributed by atoms with E-state index < -0.39 is 12.1 Å². The Hall–Kier alpha value is -3.40. The van der Waals surface area contributed by atoms with Crippen LogP contribution in [0.1, 0.15) is 37.4 Å². The molecule has 2 amide bonds. The fourth-order valence-electron chi connectivity index (χ4n) is 5.18. The van der Waals surface area contributed by atoms with Gasteiger partial charge >= 0.3 is 0 Å². The lowest BCUT2D eigenvalue weighted by atomic mass is 9.95. The number of carbonyl (C=O) groups is 2. The number of aryl methyl sites for hydroxylation is 1. The molecule has 10 heteroatoms. The van der Waals surface area contributed by atoms with Gasteiger partial charge in [-0.15, -0.1) is 0 Å². The van der Waals surface area contributed by atoms with Crippen LogP contribution in [-0.4, -0.2) is 68.7 Å². The summed E-state index contributed by atoms with van der Waals surface area (Å²) in [5, 5.41) is 6.15. The van der Waals surface area contributed by atoms with Crippen LogP contribution in [0, 0.1) is 0 Å². The first-order valence-electron chi connectivity index (χ1n) is 12.7. The highest BCUT2D eigenvalue weighted by molar-refractivity contribution is 7.99. The Morgan fingerprint density at radius 1 is 1.05 bits per heavy atom. The number of rotatable bonds is 7. The van der Waals surface area contributed by atoms with Gasteiger partial charge in [0.05, 0.1) is 33.1 Å². The van der Waals surface area contributed by atoms with Crippen LogP contribution in [0.2, 0.25) is 0 Å². The summed E-state index contributed by atoms with van der Waals surface area (Å²) in [7, 11) is 4.68. The van der Waals surface area contributed by atoms with E-state index >= 15 is 0 Å². The third kappa shape index (κ3) is 5.55. The molecule has 0 spiro atoms. The van der Waals surface area contributed by atoms with E-state index in [1.54, 1.807) is 40.4 Å². The number of nitrogens with one attached hydrogen (secondary N) is 2. The first-order chi connectivity index (χ1) is 18.3. The zero-order valence-corrected chi connectivity index (χ0v) is 23.3. The van der Waals surface area contributed by atoms with E-state index in [9.17, 15) is 14.4 Å². The second kappa shape index (κ2) is 12.0. The summed E-state index contributed by atoms with van der Waals surface area (Å²) >= 11 is 1.83. The Bertz CT molecular complexity index is 1280. The van der Waals surface area contributed by atoms with Crippen LogP contribution < -0.4 is 30.3 Å². The van der Waals surface area contributed by atoms with Gasteiger partial charge in [-0.3, -0.25) is 14.4 Å². The monoisotopic (exact) mass is 541 g/mol. The van der Waals surface area contributed by atoms with Gasteiger partial charge in [-0.25, -0.2) is 0 Å². The molecular weight excluding hydrogens is 506 g/mol. The normalized spacial score (nSPS) is 17.3. The molecule has 2 aromatic rings. The van der Waals surface area contributed by atoms with Crippen molar-refractivity contribution in [3.05, 3.63) is 45.6 Å². The van der Waals surface area contributed by atoms with Crippen LogP contribution in [0.4, 0.5) is 5.69 Å². The molecule has 0 saturated carbocycles. The second-order valence-electron chi connectivity index (χ2n) is 9.40. The summed E-state index contributed by atoms with van der Waals surface area (Å²) in [5.41, 5.74) is 3.20. The van der Waals surface area contributed by atoms with Gasteiger partial charge in [0.1, 0.15) is 6.04 Å². The average Bonchev–Trinajstić information content (AvgIpc) is 3.16. The van der Waals surface area contributed by atoms with Crippen LogP contribution in [0.5, 0.6) is 17.2 Å². The lowest BCUT2D eigenvalue weighted by Crippen LogP contribution is -2.45. The summed E-state index contributed by atoms with van der Waals surface area (Å²) < 4.78 is 17.0. The van der Waals surface area contributed by atoms with Crippen LogP contribution in [0.15, 0.2) is 29.1 Å². The van der Waals surface area contributed by atoms with Crippen molar-refractivity contribution in [3.63, 3.8) is 0 Å². The Kier molecular flexibility index (Phi) is 8.71. The number of thioether (sulfide) groups is 1. The maximum atomic E-state index is 13.5. The number of amides is 2. The van der Waals surface area contributed by atoms with Gasteiger partial charge in [-0.05, 0) is 54.7 Å². The summed E-state index contributed by atoms with van der Waals surface area (Å²) in [6, 6.07) is 6.06. The molecule has 4 rings (SSSR count). The van der Waals surface area contributed by atoms with Gasteiger partial charge in [0, 0.05) is 37.1 Å². The summed E-state index contributed by atoms with van der Waals surface area (Å²) in [5.74, 6) is 3.09. The number of anilines is 1. The number of hydrogen-bond acceptors (Lipinski definition) is 8. The standard InChI is InChI=1S/C28H35N3O6S/c1-16(28(34)31-10-12-38-13-11-31)29-22-9-7-19-20(15-23(22)33)21(30-17(2)32)8-6-18-14-24(35-3)26(36-4)27(37-5)25(18)19/h7,9,14-16,21H,6,8,10-13H2,1-5H3,(H,29,33)(H,30,32). The summed E-state index contributed by atoms with van der Waals surface area (Å²) in [6.07, 6.45) is 1.20. The number of fused-ring (bicyclic) bond motifs is 3. The Balaban J connectivity index is 1.84. The fraction of sp³-hybridized carbons (Fsp3) is 0.464. The predicted octanol–water partition coefficient (Wildman–Crippen LogP) is 3.24. The van der Waals surface area contributed by atoms with Crippen molar-refractivity contribution in [1.82, 2.24) is 10.2 Å². The van der Waals surface area contributed by atoms with Crippen molar-refractivity contribution in [2.24, 2.45) is 0 Å². The molecule has 2 N–H and O–H groups in total. The number of benzene rings is 1. The van der Waals surface area contributed by atoms with E-state index in [0.29, 0.717) is 54.4 Å². The SMILES string of the molecule is COc1cc2c(c(OC)c1OC)-c1ccc(NC(C)C(=O)N3CCSCC3)c(=O)cc1C(NC(C)=O)CC2. The third-order valence-corrected chi connectivity index (χ3v) is 7.92. The van der Waals surface area contributed by atoms with E-state index in [1.165, 1.54) is 6.92 Å². The molecule has 38 heavy (non-hydrogen) atoms. The van der Waals surface area contributed by atoms with E-state index in [1.807, 2.05) is 28.8 Å². The topological polar surface area (TPSA) is 106 Å². The third-order valence-electron chi connectivity index (χ3n) is 6.98. The molecule has 9 nitrogen and oxygen atoms in total. The number of ether oxygens (including phenoxy) is 3. The zero-order chi connectivity index (χ0) is 27.4. The van der Waals surface area contributed by atoms with Crippen LogP contribution in [-0.2, 0) is 16.0 Å². The van der Waals surface area contributed by atoms with Gasteiger partial charge in [-0.2, -0.15) is 11.8 Å². The molecule has 2 aromatic carbocycles. The molecule has 0 radical (unpaired) electrons. The van der Waals surface area contributed by atoms with Gasteiger partial charge in [0.25, 0.3) is 0 Å². The largest absolute Gasteiger partial charge is 0.493 e. The Morgan fingerprint density at radius 2 is 1.76 bits per heavy atom. The van der Waals surface area contributed by atoms with Crippen molar-refractivity contribution in [2.45, 2.75) is 38.8 Å². The van der Waals surface area contributed by atoms with Crippen molar-refractivity contribution in [1.29, 1.82) is 0 Å². The molecule has 1 heterocycles. The van der Waals surface area contributed by atoms with Gasteiger partial charge in [-0.1, -0.05) is 6.07 Å². The minimum Gasteiger partial charge on any atom is -0.493 e. The maximum absolute atomic E-state index is 13.5. The summed E-state index contributed by atoms with van der Waals surface area (Å²) in [6.45, 7) is 4.65. The quantitative estimate of drug-likeness (QED) is 0.551. The van der Waals surface area contributed by atoms with Crippen LogP contribution in [0.25, 0.3) is 11.1 Å². The molecule has 204 valence electrons. The first-order valence-corrected chi connectivity index (χ1v) is 13.8. The van der Waals surface area contributed by atoms with Crippen LogP contribution >= 0.6 is 11.8 Å². The molecule has 0 aromatic heterocycles. The molecule has 2 atom stereocenters. The minimum absolute atomic E-state index is 0.0299. The average molecular weight is 542 g/mol. The van der Waals surface area contributed by atoms with Gasteiger partial charge in [0.2, 0.25) is 23.0 Å². The highest BCUT2D eigenvalue weighted by Gasteiger charge is 2.30. The van der Waals surface area contributed by atoms with Gasteiger partial charge in [0.15, 0.2) is 11.5 Å². The molecular formula is C28H35N3O6S. The highest BCUT2D eigenvalue weighted by atomic mass is 32.2. The molecule has 1 aliphatic heterocycles. The Labute approximate surface area is 227 Å². The van der Waals surface area contributed by atoms with Crippen molar-refractivity contribution >= 4 is 29.3 Å². The van der Waals surface area contributed by atoms with E-state index in [2.05, 4.69) is 10.6 Å². The number of hydrogen-bond donors (Lipinski definition) is 2. The van der Waals surface area contributed by atoms with E-state index in [4.69, 9.17) is 14.2 Å². The van der Waals surface area contributed by atoms with Crippen molar-refractivity contribution in [3.8, 4) is 28.4 Å². The molecule has 2 aliphatic rings. The molecule has 2 unspecified atom stereocenters.